The number of aliphatic hydroxyl groups excluding tert-OH is 1. The minimum Gasteiger partial charge on any atom is -0.497 e. The van der Waals surface area contributed by atoms with Gasteiger partial charge in [-0.05, 0) is 35.6 Å². The summed E-state index contributed by atoms with van der Waals surface area (Å²) in [5, 5.41) is 11.0. The SMILES string of the molecule is COC(=O)[C@@]12C[C@@H]1[C@@H](COCc1ccccc1)[C@H](OCc1ccc(OC)cc1)[C@@H]2O. The molecule has 2 saturated carbocycles. The molecule has 0 radical (unpaired) electrons. The molecular weight excluding hydrogens is 384 g/mol. The van der Waals surface area contributed by atoms with Gasteiger partial charge in [-0.2, -0.15) is 0 Å². The first kappa shape index (κ1) is 20.8. The third-order valence-electron chi connectivity index (χ3n) is 6.43. The van der Waals surface area contributed by atoms with E-state index in [2.05, 4.69) is 0 Å². The fraction of sp³-hybridized carbons (Fsp3) is 0.458. The van der Waals surface area contributed by atoms with Crippen LogP contribution in [0.1, 0.15) is 17.5 Å². The number of ether oxygens (including phenoxy) is 4. The number of hydrogen-bond donors (Lipinski definition) is 1. The lowest BCUT2D eigenvalue weighted by molar-refractivity contribution is -0.155. The standard InChI is InChI=1S/C24H28O6/c1-27-18-10-8-17(9-11-18)14-30-21-19(15-29-13-16-6-4-3-5-7-16)20-12-24(20,22(21)25)23(26)28-2/h3-11,19-22,25H,12-15H2,1-2H3/t19-,20-,21+,22+,24+/m1/s1. The molecule has 0 bridgehead atoms. The van der Waals surface area contributed by atoms with Crippen molar-refractivity contribution in [3.63, 3.8) is 0 Å². The summed E-state index contributed by atoms with van der Waals surface area (Å²) in [5.41, 5.74) is 1.20. The van der Waals surface area contributed by atoms with Crippen molar-refractivity contribution < 1.29 is 28.8 Å². The topological polar surface area (TPSA) is 74.2 Å². The number of carbonyl (C=O) groups excluding carboxylic acids is 1. The average Bonchev–Trinajstić information content (AvgIpc) is 3.50. The third kappa shape index (κ3) is 3.83. The molecule has 0 saturated heterocycles. The molecule has 6 heteroatoms. The van der Waals surface area contributed by atoms with Crippen LogP contribution in [0.15, 0.2) is 54.6 Å². The van der Waals surface area contributed by atoms with E-state index in [9.17, 15) is 9.90 Å². The van der Waals surface area contributed by atoms with Gasteiger partial charge < -0.3 is 24.1 Å². The van der Waals surface area contributed by atoms with Crippen LogP contribution in [-0.4, -0.2) is 44.1 Å². The first-order valence-electron chi connectivity index (χ1n) is 10.2. The van der Waals surface area contributed by atoms with Gasteiger partial charge in [-0.1, -0.05) is 42.5 Å². The smallest absolute Gasteiger partial charge is 0.314 e. The van der Waals surface area contributed by atoms with E-state index in [1.54, 1.807) is 7.11 Å². The van der Waals surface area contributed by atoms with Crippen LogP contribution in [0.25, 0.3) is 0 Å². The minimum absolute atomic E-state index is 0.0107. The van der Waals surface area contributed by atoms with E-state index in [-0.39, 0.29) is 17.8 Å². The Balaban J connectivity index is 1.43. The van der Waals surface area contributed by atoms with Crippen LogP contribution in [0.2, 0.25) is 0 Å². The summed E-state index contributed by atoms with van der Waals surface area (Å²) in [6.07, 6.45) is -0.776. The molecule has 0 unspecified atom stereocenters. The monoisotopic (exact) mass is 412 g/mol. The first-order valence-corrected chi connectivity index (χ1v) is 10.2. The number of methoxy groups -OCH3 is 2. The van der Waals surface area contributed by atoms with Crippen molar-refractivity contribution in [1.29, 1.82) is 0 Å². The quantitative estimate of drug-likeness (QED) is 0.639. The maximum atomic E-state index is 12.4. The Kier molecular flexibility index (Phi) is 6.09. The highest BCUT2D eigenvalue weighted by Gasteiger charge is 2.76. The molecule has 30 heavy (non-hydrogen) atoms. The Morgan fingerprint density at radius 1 is 1.03 bits per heavy atom. The summed E-state index contributed by atoms with van der Waals surface area (Å²) >= 11 is 0. The van der Waals surface area contributed by atoms with E-state index < -0.39 is 17.6 Å². The molecule has 2 fully saturated rings. The number of carbonyl (C=O) groups is 1. The summed E-state index contributed by atoms with van der Waals surface area (Å²) in [6.45, 7) is 1.24. The minimum atomic E-state index is -0.904. The number of esters is 1. The average molecular weight is 412 g/mol. The lowest BCUT2D eigenvalue weighted by Crippen LogP contribution is -2.40. The molecule has 4 rings (SSSR count). The van der Waals surface area contributed by atoms with Gasteiger partial charge in [-0.25, -0.2) is 0 Å². The van der Waals surface area contributed by atoms with Crippen LogP contribution in [0.5, 0.6) is 5.75 Å². The first-order chi connectivity index (χ1) is 14.6. The number of fused-ring (bicyclic) bond motifs is 1. The lowest BCUT2D eigenvalue weighted by atomic mass is 9.97. The van der Waals surface area contributed by atoms with Crippen LogP contribution in [0, 0.1) is 17.3 Å². The molecule has 2 aromatic rings. The zero-order valence-electron chi connectivity index (χ0n) is 17.3. The molecule has 2 aliphatic rings. The van der Waals surface area contributed by atoms with Crippen LogP contribution in [-0.2, 0) is 32.2 Å². The molecule has 1 N–H and O–H groups in total. The number of rotatable bonds is 9. The number of hydrogen-bond acceptors (Lipinski definition) is 6. The van der Waals surface area contributed by atoms with Crippen molar-refractivity contribution in [3.8, 4) is 5.75 Å². The zero-order chi connectivity index (χ0) is 21.1. The van der Waals surface area contributed by atoms with Gasteiger partial charge in [0, 0.05) is 5.92 Å². The highest BCUT2D eigenvalue weighted by atomic mass is 16.5. The largest absolute Gasteiger partial charge is 0.497 e. The highest BCUT2D eigenvalue weighted by molar-refractivity contribution is 5.82. The van der Waals surface area contributed by atoms with Gasteiger partial charge in [-0.3, -0.25) is 4.79 Å². The van der Waals surface area contributed by atoms with E-state index in [4.69, 9.17) is 18.9 Å². The second kappa shape index (κ2) is 8.76. The second-order valence-corrected chi connectivity index (χ2v) is 8.08. The molecule has 0 aromatic heterocycles. The van der Waals surface area contributed by atoms with Gasteiger partial charge in [-0.15, -0.1) is 0 Å². The predicted octanol–water partition coefficient (Wildman–Crippen LogP) is 2.97. The van der Waals surface area contributed by atoms with E-state index in [1.807, 2.05) is 54.6 Å². The normalized spacial score (nSPS) is 29.3. The molecule has 5 atom stereocenters. The van der Waals surface area contributed by atoms with Crippen molar-refractivity contribution in [2.75, 3.05) is 20.8 Å². The van der Waals surface area contributed by atoms with Crippen LogP contribution in [0.3, 0.4) is 0 Å². The molecule has 0 spiro atoms. The van der Waals surface area contributed by atoms with Crippen LogP contribution in [0.4, 0.5) is 0 Å². The van der Waals surface area contributed by atoms with E-state index >= 15 is 0 Å². The molecule has 160 valence electrons. The Hall–Kier alpha value is -2.41. The van der Waals surface area contributed by atoms with Gasteiger partial charge >= 0.3 is 5.97 Å². The van der Waals surface area contributed by atoms with Crippen molar-refractivity contribution in [3.05, 3.63) is 65.7 Å². The summed E-state index contributed by atoms with van der Waals surface area (Å²) < 4.78 is 22.3. The van der Waals surface area contributed by atoms with Gasteiger partial charge in [0.15, 0.2) is 0 Å². The Labute approximate surface area is 176 Å². The van der Waals surface area contributed by atoms with Crippen LogP contribution >= 0.6 is 0 Å². The summed E-state index contributed by atoms with van der Waals surface area (Å²) in [5.74, 6) is 0.360. The van der Waals surface area contributed by atoms with E-state index in [0.29, 0.717) is 26.2 Å². The maximum absolute atomic E-state index is 12.4. The van der Waals surface area contributed by atoms with E-state index in [0.717, 1.165) is 16.9 Å². The molecule has 2 aromatic carbocycles. The molecule has 0 amide bonds. The van der Waals surface area contributed by atoms with Gasteiger partial charge in [0.1, 0.15) is 5.75 Å². The molecule has 6 nitrogen and oxygen atoms in total. The molecule has 0 heterocycles. The zero-order valence-corrected chi connectivity index (χ0v) is 17.3. The second-order valence-electron chi connectivity index (χ2n) is 8.08. The Morgan fingerprint density at radius 2 is 1.73 bits per heavy atom. The van der Waals surface area contributed by atoms with Crippen LogP contribution < -0.4 is 4.74 Å². The summed E-state index contributed by atoms with van der Waals surface area (Å²) in [4.78, 5) is 12.4. The third-order valence-corrected chi connectivity index (χ3v) is 6.43. The molecular formula is C24H28O6. The van der Waals surface area contributed by atoms with Gasteiger partial charge in [0.25, 0.3) is 0 Å². The highest BCUT2D eigenvalue weighted by Crippen LogP contribution is 2.67. The lowest BCUT2D eigenvalue weighted by Gasteiger charge is -2.27. The Morgan fingerprint density at radius 3 is 2.40 bits per heavy atom. The summed E-state index contributed by atoms with van der Waals surface area (Å²) in [6, 6.07) is 17.5. The van der Waals surface area contributed by atoms with Gasteiger partial charge in [0.05, 0.1) is 51.7 Å². The summed E-state index contributed by atoms with van der Waals surface area (Å²) in [7, 11) is 2.99. The number of aliphatic hydroxyl groups is 1. The maximum Gasteiger partial charge on any atom is 0.314 e. The van der Waals surface area contributed by atoms with Crippen molar-refractivity contribution >= 4 is 5.97 Å². The van der Waals surface area contributed by atoms with Gasteiger partial charge in [0.2, 0.25) is 0 Å². The Bertz CT molecular complexity index is 852. The van der Waals surface area contributed by atoms with Crippen molar-refractivity contribution in [2.24, 2.45) is 17.3 Å². The fourth-order valence-corrected chi connectivity index (χ4v) is 4.71. The molecule has 2 aliphatic carbocycles. The van der Waals surface area contributed by atoms with E-state index in [1.165, 1.54) is 7.11 Å². The number of benzene rings is 2. The van der Waals surface area contributed by atoms with Crippen molar-refractivity contribution in [2.45, 2.75) is 31.8 Å². The van der Waals surface area contributed by atoms with Crippen molar-refractivity contribution in [1.82, 2.24) is 0 Å². The fourth-order valence-electron chi connectivity index (χ4n) is 4.71. The molecule has 0 aliphatic heterocycles. The predicted molar refractivity (Wildman–Crippen MR) is 110 cm³/mol.